The van der Waals surface area contributed by atoms with Gasteiger partial charge in [-0.1, -0.05) is 36.9 Å². The summed E-state index contributed by atoms with van der Waals surface area (Å²) in [5, 5.41) is 3.06. The largest absolute Gasteiger partial charge is 0.494 e. The molecule has 0 saturated carbocycles. The molecule has 3 rings (SSSR count). The van der Waals surface area contributed by atoms with Crippen LogP contribution in [0.1, 0.15) is 25.3 Å². The van der Waals surface area contributed by atoms with Crippen LogP contribution in [0.3, 0.4) is 0 Å². The van der Waals surface area contributed by atoms with Crippen LogP contribution in [0.4, 0.5) is 5.69 Å². The predicted octanol–water partition coefficient (Wildman–Crippen LogP) is 3.77. The van der Waals surface area contributed by atoms with Crippen LogP contribution in [-0.4, -0.2) is 36.4 Å². The van der Waals surface area contributed by atoms with Gasteiger partial charge < -0.3 is 15.0 Å². The molecule has 0 spiro atoms. The van der Waals surface area contributed by atoms with E-state index in [1.807, 2.05) is 61.5 Å². The molecule has 28 heavy (non-hydrogen) atoms. The highest BCUT2D eigenvalue weighted by Gasteiger charge is 2.43. The molecule has 1 heterocycles. The van der Waals surface area contributed by atoms with Crippen molar-refractivity contribution in [2.75, 3.05) is 25.0 Å². The van der Waals surface area contributed by atoms with Crippen molar-refractivity contribution in [2.45, 2.75) is 25.2 Å². The lowest BCUT2D eigenvalue weighted by atomic mass is 9.72. The van der Waals surface area contributed by atoms with Crippen LogP contribution >= 0.6 is 0 Å². The van der Waals surface area contributed by atoms with E-state index in [1.165, 1.54) is 6.08 Å². The van der Waals surface area contributed by atoms with Gasteiger partial charge in [-0.2, -0.15) is 0 Å². The third-order valence-electron chi connectivity index (χ3n) is 5.29. The third kappa shape index (κ3) is 4.09. The van der Waals surface area contributed by atoms with Crippen molar-refractivity contribution in [2.24, 2.45) is 0 Å². The molecule has 1 saturated heterocycles. The van der Waals surface area contributed by atoms with Gasteiger partial charge in [0.1, 0.15) is 5.75 Å². The van der Waals surface area contributed by atoms with E-state index in [0.29, 0.717) is 32.5 Å². The number of carbonyl (C=O) groups excluding carboxylic acids is 2. The van der Waals surface area contributed by atoms with Crippen LogP contribution in [0.25, 0.3) is 0 Å². The van der Waals surface area contributed by atoms with Gasteiger partial charge in [0.25, 0.3) is 0 Å². The van der Waals surface area contributed by atoms with Gasteiger partial charge in [0.2, 0.25) is 11.8 Å². The molecule has 0 bridgehead atoms. The van der Waals surface area contributed by atoms with Crippen molar-refractivity contribution in [3.8, 4) is 5.75 Å². The number of anilines is 1. The predicted molar refractivity (Wildman–Crippen MR) is 110 cm³/mol. The zero-order valence-corrected chi connectivity index (χ0v) is 16.2. The summed E-state index contributed by atoms with van der Waals surface area (Å²) in [6.45, 7) is 7.14. The fraction of sp³-hybridized carbons (Fsp3) is 0.304. The molecule has 2 aromatic rings. The van der Waals surface area contributed by atoms with Gasteiger partial charge in [-0.25, -0.2) is 0 Å². The Bertz CT molecular complexity index is 823. The maximum atomic E-state index is 13.4. The molecule has 2 aromatic carbocycles. The minimum absolute atomic E-state index is 0.0476. The van der Waals surface area contributed by atoms with Crippen molar-refractivity contribution in [1.29, 1.82) is 0 Å². The van der Waals surface area contributed by atoms with Crippen LogP contribution < -0.4 is 10.1 Å². The van der Waals surface area contributed by atoms with Crippen LogP contribution in [0, 0.1) is 0 Å². The highest BCUT2D eigenvalue weighted by Crippen LogP contribution is 2.37. The fourth-order valence-electron chi connectivity index (χ4n) is 3.69. The second-order valence-electron chi connectivity index (χ2n) is 6.89. The number of carbonyl (C=O) groups is 2. The van der Waals surface area contributed by atoms with E-state index in [2.05, 4.69) is 11.9 Å². The van der Waals surface area contributed by atoms with E-state index >= 15 is 0 Å². The minimum Gasteiger partial charge on any atom is -0.494 e. The molecule has 5 nitrogen and oxygen atoms in total. The molecule has 0 unspecified atom stereocenters. The Labute approximate surface area is 166 Å². The second kappa shape index (κ2) is 8.74. The number of ether oxygens (including phenoxy) is 1. The van der Waals surface area contributed by atoms with Crippen molar-refractivity contribution in [1.82, 2.24) is 4.90 Å². The maximum Gasteiger partial charge on any atom is 0.245 e. The molecule has 1 fully saturated rings. The normalized spacial score (nSPS) is 15.5. The maximum absolute atomic E-state index is 13.4. The van der Waals surface area contributed by atoms with Crippen molar-refractivity contribution >= 4 is 17.5 Å². The number of likely N-dealkylation sites (tertiary alicyclic amines) is 1. The van der Waals surface area contributed by atoms with Crippen LogP contribution in [-0.2, 0) is 15.0 Å². The molecule has 1 aliphatic rings. The summed E-state index contributed by atoms with van der Waals surface area (Å²) in [4.78, 5) is 27.1. The Morgan fingerprint density at radius 1 is 1.11 bits per heavy atom. The van der Waals surface area contributed by atoms with E-state index in [4.69, 9.17) is 4.74 Å². The van der Waals surface area contributed by atoms with Crippen molar-refractivity contribution < 1.29 is 14.3 Å². The smallest absolute Gasteiger partial charge is 0.245 e. The topological polar surface area (TPSA) is 58.6 Å². The standard InChI is InChI=1S/C23H26N2O3/c1-3-21(26)25-16-14-23(15-17-25,18-8-6-5-7-9-18)22(27)24-19-10-12-20(13-11-19)28-4-2/h3,5-13H,1,4,14-17H2,2H3,(H,24,27). The van der Waals surface area contributed by atoms with Crippen LogP contribution in [0.2, 0.25) is 0 Å². The van der Waals surface area contributed by atoms with Gasteiger partial charge in [-0.15, -0.1) is 0 Å². The van der Waals surface area contributed by atoms with E-state index in [9.17, 15) is 9.59 Å². The van der Waals surface area contributed by atoms with Gasteiger partial charge in [-0.3, -0.25) is 9.59 Å². The first-order valence-electron chi connectivity index (χ1n) is 9.60. The number of nitrogens with zero attached hydrogens (tertiary/aromatic N) is 1. The van der Waals surface area contributed by atoms with Gasteiger partial charge in [0.05, 0.1) is 12.0 Å². The molecule has 146 valence electrons. The Morgan fingerprint density at radius 2 is 1.75 bits per heavy atom. The van der Waals surface area contributed by atoms with Crippen LogP contribution in [0.15, 0.2) is 67.3 Å². The van der Waals surface area contributed by atoms with E-state index < -0.39 is 5.41 Å². The van der Waals surface area contributed by atoms with E-state index in [0.717, 1.165) is 17.0 Å². The molecule has 0 aromatic heterocycles. The lowest BCUT2D eigenvalue weighted by Gasteiger charge is -2.40. The first-order valence-corrected chi connectivity index (χ1v) is 9.60. The first kappa shape index (κ1) is 19.7. The molecule has 5 heteroatoms. The fourth-order valence-corrected chi connectivity index (χ4v) is 3.69. The summed E-state index contributed by atoms with van der Waals surface area (Å²) in [6.07, 6.45) is 2.47. The van der Waals surface area contributed by atoms with Gasteiger partial charge in [0, 0.05) is 18.8 Å². The highest BCUT2D eigenvalue weighted by atomic mass is 16.5. The zero-order chi connectivity index (χ0) is 20.0. The molecule has 0 aliphatic carbocycles. The summed E-state index contributed by atoms with van der Waals surface area (Å²) in [7, 11) is 0. The first-order chi connectivity index (χ1) is 13.6. The molecular formula is C23H26N2O3. The number of piperidine rings is 1. The van der Waals surface area contributed by atoms with Crippen LogP contribution in [0.5, 0.6) is 5.75 Å². The molecule has 0 radical (unpaired) electrons. The average molecular weight is 378 g/mol. The molecule has 2 amide bonds. The quantitative estimate of drug-likeness (QED) is 0.779. The summed E-state index contributed by atoms with van der Waals surface area (Å²) in [6, 6.07) is 17.2. The third-order valence-corrected chi connectivity index (χ3v) is 5.29. The van der Waals surface area contributed by atoms with E-state index in [1.54, 1.807) is 4.90 Å². The van der Waals surface area contributed by atoms with E-state index in [-0.39, 0.29) is 11.8 Å². The Hall–Kier alpha value is -3.08. The minimum atomic E-state index is -0.669. The van der Waals surface area contributed by atoms with Gasteiger partial charge in [-0.05, 0) is 55.7 Å². The summed E-state index contributed by atoms with van der Waals surface area (Å²) in [5.74, 6) is 0.636. The summed E-state index contributed by atoms with van der Waals surface area (Å²) in [5.41, 5.74) is 1.04. The summed E-state index contributed by atoms with van der Waals surface area (Å²) < 4.78 is 5.46. The van der Waals surface area contributed by atoms with Crippen molar-refractivity contribution in [3.63, 3.8) is 0 Å². The molecule has 1 aliphatic heterocycles. The Kier molecular flexibility index (Phi) is 6.14. The highest BCUT2D eigenvalue weighted by molar-refractivity contribution is 5.99. The zero-order valence-electron chi connectivity index (χ0n) is 16.2. The molecule has 0 atom stereocenters. The number of benzene rings is 2. The lowest BCUT2D eigenvalue weighted by Crippen LogP contribution is -2.50. The molecule has 1 N–H and O–H groups in total. The monoisotopic (exact) mass is 378 g/mol. The Morgan fingerprint density at radius 3 is 2.32 bits per heavy atom. The van der Waals surface area contributed by atoms with Gasteiger partial charge >= 0.3 is 0 Å². The van der Waals surface area contributed by atoms with Crippen molar-refractivity contribution in [3.05, 3.63) is 72.8 Å². The molecular weight excluding hydrogens is 352 g/mol. The number of amides is 2. The lowest BCUT2D eigenvalue weighted by molar-refractivity contribution is -0.131. The van der Waals surface area contributed by atoms with Gasteiger partial charge in [0.15, 0.2) is 0 Å². The number of nitrogens with one attached hydrogen (secondary N) is 1. The second-order valence-corrected chi connectivity index (χ2v) is 6.89. The number of hydrogen-bond donors (Lipinski definition) is 1. The SMILES string of the molecule is C=CC(=O)N1CCC(C(=O)Nc2ccc(OCC)cc2)(c2ccccc2)CC1. The number of rotatable bonds is 6. The average Bonchev–Trinajstić information content (AvgIpc) is 2.75. The number of hydrogen-bond acceptors (Lipinski definition) is 3. The Balaban J connectivity index is 1.82. The summed E-state index contributed by atoms with van der Waals surface area (Å²) >= 11 is 0.